The number of fused-ring (bicyclic) bond motifs is 1. The summed E-state index contributed by atoms with van der Waals surface area (Å²) >= 11 is 0. The fourth-order valence-corrected chi connectivity index (χ4v) is 4.61. The van der Waals surface area contributed by atoms with Crippen LogP contribution >= 0.6 is 0 Å². The maximum absolute atomic E-state index is 11.8. The molecular weight excluding hydrogens is 486 g/mol. The number of likely N-dealkylation sites (tertiary alicyclic amines) is 1. The van der Waals surface area contributed by atoms with Crippen LogP contribution in [0.5, 0.6) is 11.8 Å². The molecule has 0 saturated carbocycles. The topological polar surface area (TPSA) is 152 Å². The lowest BCUT2D eigenvalue weighted by Crippen LogP contribution is -2.41. The van der Waals surface area contributed by atoms with Gasteiger partial charge < -0.3 is 30.2 Å². The van der Waals surface area contributed by atoms with E-state index in [1.807, 2.05) is 18.2 Å². The van der Waals surface area contributed by atoms with Gasteiger partial charge in [0.25, 0.3) is 0 Å². The second-order valence-electron chi connectivity index (χ2n) is 9.61. The van der Waals surface area contributed by atoms with Crippen molar-refractivity contribution in [3.05, 3.63) is 41.1 Å². The van der Waals surface area contributed by atoms with E-state index in [1.165, 1.54) is 6.92 Å². The molecule has 0 spiro atoms. The molecule has 0 unspecified atom stereocenters. The average molecular weight is 522 g/mol. The molecule has 11 heteroatoms. The number of nitrogens with two attached hydrogens (primary N) is 1. The van der Waals surface area contributed by atoms with Crippen molar-refractivity contribution < 1.29 is 19.4 Å². The molecule has 0 radical (unpaired) electrons. The molecule has 202 valence electrons. The highest BCUT2D eigenvalue weighted by Gasteiger charge is 2.25. The van der Waals surface area contributed by atoms with E-state index in [1.54, 1.807) is 17.7 Å². The number of hydrogen-bond acceptors (Lipinski definition) is 9. The number of methoxy groups -OCH3 is 1. The number of carbonyl (C=O) groups excluding carboxylic acids is 1. The summed E-state index contributed by atoms with van der Waals surface area (Å²) in [6, 6.07) is 10.2. The van der Waals surface area contributed by atoms with Crippen LogP contribution in [0.2, 0.25) is 0 Å². The number of unbranched alkanes of at least 4 members (excludes halogenated alkanes) is 1. The highest BCUT2D eigenvalue weighted by molar-refractivity contribution is 5.88. The molecule has 1 aromatic carbocycles. The number of rotatable bonds is 11. The molecule has 38 heavy (non-hydrogen) atoms. The molecule has 1 aliphatic heterocycles. The van der Waals surface area contributed by atoms with E-state index in [0.717, 1.165) is 36.9 Å². The number of anilines is 1. The summed E-state index contributed by atoms with van der Waals surface area (Å²) in [6.45, 7) is 6.66. The van der Waals surface area contributed by atoms with Gasteiger partial charge in [0.15, 0.2) is 5.65 Å². The quantitative estimate of drug-likeness (QED) is 0.322. The van der Waals surface area contributed by atoms with Gasteiger partial charge in [-0.15, -0.1) is 0 Å². The van der Waals surface area contributed by atoms with Crippen LogP contribution in [0, 0.1) is 11.3 Å². The Morgan fingerprint density at radius 2 is 2.16 bits per heavy atom. The van der Waals surface area contributed by atoms with E-state index in [0.29, 0.717) is 48.7 Å². The van der Waals surface area contributed by atoms with E-state index in [2.05, 4.69) is 33.2 Å². The Morgan fingerprint density at radius 3 is 2.87 bits per heavy atom. The van der Waals surface area contributed by atoms with Gasteiger partial charge in [-0.25, -0.2) is 0 Å². The monoisotopic (exact) mass is 521 g/mol. The van der Waals surface area contributed by atoms with Crippen molar-refractivity contribution in [2.75, 3.05) is 32.5 Å². The molecule has 2 atom stereocenters. The number of benzene rings is 1. The number of aliphatic hydroxyl groups is 1. The molecule has 0 aliphatic carbocycles. The first kappa shape index (κ1) is 27.2. The molecule has 1 aliphatic rings. The van der Waals surface area contributed by atoms with Crippen molar-refractivity contribution in [1.29, 1.82) is 5.26 Å². The minimum atomic E-state index is -1.01. The first-order valence-electron chi connectivity index (χ1n) is 12.9. The summed E-state index contributed by atoms with van der Waals surface area (Å²) in [6.07, 6.45) is 1.69. The summed E-state index contributed by atoms with van der Waals surface area (Å²) in [5, 5.41) is 22.7. The molecule has 3 heterocycles. The lowest BCUT2D eigenvalue weighted by atomic mass is 10.1. The smallest absolute Gasteiger partial charge is 0.320 e. The molecule has 2 aromatic heterocycles. The third-order valence-electron chi connectivity index (χ3n) is 6.69. The number of nitriles is 1. The number of nitrogens with zero attached hydrogens (tertiary/aromatic N) is 5. The minimum Gasteiger partial charge on any atom is -0.496 e. The predicted octanol–water partition coefficient (Wildman–Crippen LogP) is 2.19. The normalized spacial score (nSPS) is 16.3. The number of aliphatic hydroxyl groups excluding tert-OH is 1. The van der Waals surface area contributed by atoms with Crippen molar-refractivity contribution in [1.82, 2.24) is 24.8 Å². The van der Waals surface area contributed by atoms with Gasteiger partial charge >= 0.3 is 6.01 Å². The van der Waals surface area contributed by atoms with Crippen LogP contribution in [0.4, 0.5) is 5.82 Å². The molecule has 3 aromatic rings. The highest BCUT2D eigenvalue weighted by atomic mass is 16.5. The Labute approximate surface area is 222 Å². The third-order valence-corrected chi connectivity index (χ3v) is 6.69. The molecule has 4 rings (SSSR count). The molecule has 0 bridgehead atoms. The van der Waals surface area contributed by atoms with Crippen molar-refractivity contribution in [2.45, 2.75) is 58.3 Å². The summed E-state index contributed by atoms with van der Waals surface area (Å²) in [7, 11) is 1.62. The van der Waals surface area contributed by atoms with E-state index in [4.69, 9.17) is 15.2 Å². The second-order valence-corrected chi connectivity index (χ2v) is 9.61. The lowest BCUT2D eigenvalue weighted by molar-refractivity contribution is -0.129. The van der Waals surface area contributed by atoms with Gasteiger partial charge in [-0.05, 0) is 37.5 Å². The Hall–Kier alpha value is -3.88. The number of nitrogen functional groups attached to an aromatic ring is 1. The zero-order chi connectivity index (χ0) is 27.2. The van der Waals surface area contributed by atoms with E-state index < -0.39 is 6.10 Å². The molecule has 11 nitrogen and oxygen atoms in total. The summed E-state index contributed by atoms with van der Waals surface area (Å²) in [5.74, 6) is 0.629. The van der Waals surface area contributed by atoms with Crippen molar-refractivity contribution in [2.24, 2.45) is 0 Å². The number of aromatic nitrogens is 3. The minimum absolute atomic E-state index is 0.0231. The number of amides is 1. The zero-order valence-corrected chi connectivity index (χ0v) is 22.1. The van der Waals surface area contributed by atoms with Crippen LogP contribution in [0.1, 0.15) is 49.9 Å². The van der Waals surface area contributed by atoms with Gasteiger partial charge in [0.1, 0.15) is 29.4 Å². The Kier molecular flexibility index (Phi) is 8.66. The first-order valence-corrected chi connectivity index (χ1v) is 12.9. The Morgan fingerprint density at radius 1 is 1.34 bits per heavy atom. The van der Waals surface area contributed by atoms with E-state index in [9.17, 15) is 15.2 Å². The highest BCUT2D eigenvalue weighted by Crippen LogP contribution is 2.29. The van der Waals surface area contributed by atoms with Gasteiger partial charge in [0.2, 0.25) is 5.91 Å². The SMILES string of the molecule is CCCCOc1nc(N)c2cc(C#N)n(Cc3ccc(CN4CC[C@H](NC(=O)[C@@H](C)O)C4)cc3OC)c2n1. The zero-order valence-electron chi connectivity index (χ0n) is 22.1. The van der Waals surface area contributed by atoms with Crippen LogP contribution < -0.4 is 20.5 Å². The first-order chi connectivity index (χ1) is 18.3. The number of hydrogen-bond donors (Lipinski definition) is 3. The number of nitrogens with one attached hydrogen (secondary N) is 1. The van der Waals surface area contributed by atoms with Gasteiger partial charge in [0, 0.05) is 31.2 Å². The molecule has 1 fully saturated rings. The van der Waals surface area contributed by atoms with Crippen LogP contribution in [0.25, 0.3) is 11.0 Å². The third kappa shape index (κ3) is 6.15. The summed E-state index contributed by atoms with van der Waals surface area (Å²) in [5.41, 5.74) is 9.09. The van der Waals surface area contributed by atoms with Crippen molar-refractivity contribution in [3.8, 4) is 17.8 Å². The van der Waals surface area contributed by atoms with Crippen LogP contribution in [0.3, 0.4) is 0 Å². The standard InChI is InChI=1S/C27H35N7O4/c1-4-5-10-38-27-31-24(29)22-12-21(13-28)34(25(22)32-27)15-19-7-6-18(11-23(19)37-3)14-33-9-8-20(16-33)30-26(36)17(2)35/h6-7,11-12,17,20,35H,4-5,8-10,14-16H2,1-3H3,(H,30,36)(H2,29,31,32)/t17-,20+/m1/s1. The van der Waals surface area contributed by atoms with Gasteiger partial charge in [-0.2, -0.15) is 15.2 Å². The molecule has 4 N–H and O–H groups in total. The number of ether oxygens (including phenoxy) is 2. The maximum atomic E-state index is 11.8. The summed E-state index contributed by atoms with van der Waals surface area (Å²) in [4.78, 5) is 22.9. The Bertz CT molecular complexity index is 1330. The van der Waals surface area contributed by atoms with Gasteiger partial charge in [-0.1, -0.05) is 25.5 Å². The molecular formula is C27H35N7O4. The second kappa shape index (κ2) is 12.1. The average Bonchev–Trinajstić information content (AvgIpc) is 3.49. The number of carbonyl (C=O) groups is 1. The van der Waals surface area contributed by atoms with Crippen molar-refractivity contribution in [3.63, 3.8) is 0 Å². The van der Waals surface area contributed by atoms with Crippen molar-refractivity contribution >= 4 is 22.8 Å². The fraction of sp³-hybridized carbons (Fsp3) is 0.481. The Balaban J connectivity index is 1.52. The van der Waals surface area contributed by atoms with E-state index in [-0.39, 0.29) is 23.8 Å². The van der Waals surface area contributed by atoms with E-state index >= 15 is 0 Å². The maximum Gasteiger partial charge on any atom is 0.320 e. The van der Waals surface area contributed by atoms with Crippen LogP contribution in [-0.4, -0.2) is 69.4 Å². The lowest BCUT2D eigenvalue weighted by Gasteiger charge is -2.19. The molecule has 1 amide bonds. The molecule has 1 saturated heterocycles. The van der Waals surface area contributed by atoms with Crippen LogP contribution in [-0.2, 0) is 17.9 Å². The van der Waals surface area contributed by atoms with Crippen LogP contribution in [0.15, 0.2) is 24.3 Å². The fourth-order valence-electron chi connectivity index (χ4n) is 4.61. The summed E-state index contributed by atoms with van der Waals surface area (Å²) < 4.78 is 13.2. The predicted molar refractivity (Wildman–Crippen MR) is 143 cm³/mol. The van der Waals surface area contributed by atoms with Gasteiger partial charge in [-0.3, -0.25) is 9.69 Å². The van der Waals surface area contributed by atoms with Gasteiger partial charge in [0.05, 0.1) is 25.6 Å². The largest absolute Gasteiger partial charge is 0.496 e.